The minimum Gasteiger partial charge on any atom is -0.381 e. The highest BCUT2D eigenvalue weighted by molar-refractivity contribution is 5.83. The van der Waals surface area contributed by atoms with Crippen LogP contribution in [0, 0.1) is 5.41 Å². The van der Waals surface area contributed by atoms with Crippen LogP contribution in [0.15, 0.2) is 48.8 Å². The van der Waals surface area contributed by atoms with Gasteiger partial charge >= 0.3 is 0 Å². The summed E-state index contributed by atoms with van der Waals surface area (Å²) < 4.78 is 5.57. The first-order chi connectivity index (χ1) is 13.1. The average Bonchev–Trinajstić information content (AvgIpc) is 2.69. The Bertz CT molecular complexity index is 740. The van der Waals surface area contributed by atoms with Crippen LogP contribution < -0.4 is 5.32 Å². The fraction of sp³-hybridized carbons (Fsp3) is 0.455. The molecule has 1 aromatic carbocycles. The number of likely N-dealkylation sites (N-methyl/N-ethyl adjacent to an activating group) is 1. The Labute approximate surface area is 161 Å². The van der Waals surface area contributed by atoms with E-state index in [0.717, 1.165) is 36.9 Å². The van der Waals surface area contributed by atoms with Gasteiger partial charge in [0.15, 0.2) is 0 Å². The third-order valence-corrected chi connectivity index (χ3v) is 5.29. The average molecular weight is 367 g/mol. The molecule has 1 aliphatic rings. The highest BCUT2D eigenvalue weighted by Crippen LogP contribution is 2.37. The molecule has 0 saturated carbocycles. The molecule has 3 rings (SSSR count). The quantitative estimate of drug-likeness (QED) is 0.818. The Morgan fingerprint density at radius 3 is 2.67 bits per heavy atom. The number of aromatic nitrogens is 1. The van der Waals surface area contributed by atoms with Gasteiger partial charge in [-0.3, -0.25) is 9.78 Å². The zero-order valence-electron chi connectivity index (χ0n) is 16.3. The molecule has 5 heteroatoms. The Morgan fingerprint density at radius 2 is 1.96 bits per heavy atom. The van der Waals surface area contributed by atoms with Crippen molar-refractivity contribution < 1.29 is 9.53 Å². The predicted molar refractivity (Wildman–Crippen MR) is 107 cm³/mol. The summed E-state index contributed by atoms with van der Waals surface area (Å²) in [5, 5.41) is 3.16. The molecule has 1 saturated heterocycles. The molecule has 0 spiro atoms. The largest absolute Gasteiger partial charge is 0.381 e. The number of hydrogen-bond donors (Lipinski definition) is 1. The van der Waals surface area contributed by atoms with Crippen LogP contribution in [0.25, 0.3) is 11.1 Å². The monoisotopic (exact) mass is 367 g/mol. The first-order valence-electron chi connectivity index (χ1n) is 9.60. The van der Waals surface area contributed by atoms with Gasteiger partial charge in [0, 0.05) is 44.3 Å². The molecule has 1 aliphatic heterocycles. The molecular weight excluding hydrogens is 338 g/mol. The molecule has 27 heavy (non-hydrogen) atoms. The van der Waals surface area contributed by atoms with Crippen LogP contribution in [0.1, 0.15) is 18.4 Å². The molecule has 1 amide bonds. The normalized spacial score (nSPS) is 16.3. The number of ether oxygens (including phenoxy) is 1. The molecule has 144 valence electrons. The molecule has 0 bridgehead atoms. The van der Waals surface area contributed by atoms with E-state index in [0.29, 0.717) is 19.8 Å². The van der Waals surface area contributed by atoms with E-state index in [1.54, 1.807) is 6.20 Å². The van der Waals surface area contributed by atoms with E-state index in [4.69, 9.17) is 4.74 Å². The number of amides is 1. The van der Waals surface area contributed by atoms with Crippen LogP contribution in [0.2, 0.25) is 0 Å². The van der Waals surface area contributed by atoms with Gasteiger partial charge in [-0.15, -0.1) is 0 Å². The molecule has 1 aromatic heterocycles. The van der Waals surface area contributed by atoms with E-state index in [1.807, 2.05) is 38.5 Å². The van der Waals surface area contributed by atoms with Crippen LogP contribution in [0.5, 0.6) is 0 Å². The Morgan fingerprint density at radius 1 is 1.19 bits per heavy atom. The lowest BCUT2D eigenvalue weighted by Crippen LogP contribution is -2.47. The van der Waals surface area contributed by atoms with Gasteiger partial charge in [0.05, 0.1) is 5.41 Å². The summed E-state index contributed by atoms with van der Waals surface area (Å²) in [6.07, 6.45) is 5.89. The summed E-state index contributed by atoms with van der Waals surface area (Å²) >= 11 is 0. The summed E-state index contributed by atoms with van der Waals surface area (Å²) in [5.41, 5.74) is 3.01. The fourth-order valence-corrected chi connectivity index (χ4v) is 3.67. The van der Waals surface area contributed by atoms with Crippen molar-refractivity contribution in [2.45, 2.75) is 19.3 Å². The molecule has 0 atom stereocenters. The van der Waals surface area contributed by atoms with Crippen molar-refractivity contribution in [2.75, 3.05) is 40.4 Å². The van der Waals surface area contributed by atoms with Crippen LogP contribution in [0.4, 0.5) is 0 Å². The molecule has 0 radical (unpaired) electrons. The number of benzene rings is 1. The van der Waals surface area contributed by atoms with Gasteiger partial charge in [-0.1, -0.05) is 30.3 Å². The third kappa shape index (κ3) is 4.93. The van der Waals surface area contributed by atoms with E-state index in [2.05, 4.69) is 33.4 Å². The van der Waals surface area contributed by atoms with E-state index in [1.165, 1.54) is 5.56 Å². The van der Waals surface area contributed by atoms with Gasteiger partial charge in [0.2, 0.25) is 5.91 Å². The second-order valence-corrected chi connectivity index (χ2v) is 7.53. The number of nitrogens with zero attached hydrogens (tertiary/aromatic N) is 2. The summed E-state index contributed by atoms with van der Waals surface area (Å²) in [7, 11) is 4.03. The molecule has 0 aliphatic carbocycles. The minimum absolute atomic E-state index is 0.147. The second kappa shape index (κ2) is 9.11. The second-order valence-electron chi connectivity index (χ2n) is 7.53. The van der Waals surface area contributed by atoms with Crippen molar-refractivity contribution >= 4 is 5.91 Å². The van der Waals surface area contributed by atoms with Gasteiger partial charge in [-0.2, -0.15) is 0 Å². The summed E-state index contributed by atoms with van der Waals surface area (Å²) in [6.45, 7) is 2.77. The smallest absolute Gasteiger partial charge is 0.226 e. The molecule has 5 nitrogen and oxygen atoms in total. The number of rotatable bonds is 7. The highest BCUT2D eigenvalue weighted by atomic mass is 16.5. The first kappa shape index (κ1) is 19.5. The standard InChI is InChI=1S/C22H29N3O2/c1-25(2)13-12-24-21(26)22(9-14-27-15-10-22)16-18-6-3-4-8-20(18)19-7-5-11-23-17-19/h3-8,11,17H,9-10,12-16H2,1-2H3,(H,24,26). The van der Waals surface area contributed by atoms with Gasteiger partial charge in [-0.05, 0) is 50.6 Å². The van der Waals surface area contributed by atoms with Crippen LogP contribution in [-0.4, -0.2) is 56.2 Å². The first-order valence-corrected chi connectivity index (χ1v) is 9.60. The van der Waals surface area contributed by atoms with E-state index in [-0.39, 0.29) is 5.91 Å². The van der Waals surface area contributed by atoms with E-state index in [9.17, 15) is 4.79 Å². The number of carbonyl (C=O) groups is 1. The highest BCUT2D eigenvalue weighted by Gasteiger charge is 2.40. The SMILES string of the molecule is CN(C)CCNC(=O)C1(Cc2ccccc2-c2cccnc2)CCOCC1. The van der Waals surface area contributed by atoms with Gasteiger partial charge in [0.1, 0.15) is 0 Å². The Kier molecular flexibility index (Phi) is 6.58. The van der Waals surface area contributed by atoms with Crippen LogP contribution in [-0.2, 0) is 16.0 Å². The van der Waals surface area contributed by atoms with Crippen molar-refractivity contribution in [3.05, 3.63) is 54.4 Å². The van der Waals surface area contributed by atoms with Gasteiger partial charge in [0.25, 0.3) is 0 Å². The summed E-state index contributed by atoms with van der Waals surface area (Å²) in [6, 6.07) is 12.4. The lowest BCUT2D eigenvalue weighted by atomic mass is 9.73. The van der Waals surface area contributed by atoms with Crippen LogP contribution >= 0.6 is 0 Å². The number of hydrogen-bond acceptors (Lipinski definition) is 4. The maximum absolute atomic E-state index is 13.2. The van der Waals surface area contributed by atoms with Crippen LogP contribution in [0.3, 0.4) is 0 Å². The molecule has 1 N–H and O–H groups in total. The minimum atomic E-state index is -0.414. The zero-order chi connectivity index (χ0) is 19.1. The Hall–Kier alpha value is -2.24. The third-order valence-electron chi connectivity index (χ3n) is 5.29. The maximum atomic E-state index is 13.2. The summed E-state index contributed by atoms with van der Waals surface area (Å²) in [5.74, 6) is 0.147. The number of carbonyl (C=O) groups excluding carboxylic acids is 1. The molecule has 0 unspecified atom stereocenters. The van der Waals surface area contributed by atoms with Gasteiger partial charge < -0.3 is 15.0 Å². The maximum Gasteiger partial charge on any atom is 0.226 e. The van der Waals surface area contributed by atoms with Crippen molar-refractivity contribution in [3.8, 4) is 11.1 Å². The fourth-order valence-electron chi connectivity index (χ4n) is 3.67. The predicted octanol–water partition coefficient (Wildman–Crippen LogP) is 2.77. The van der Waals surface area contributed by atoms with Crippen molar-refractivity contribution in [2.24, 2.45) is 5.41 Å². The topological polar surface area (TPSA) is 54.5 Å². The van der Waals surface area contributed by atoms with Crippen molar-refractivity contribution in [1.29, 1.82) is 0 Å². The lowest BCUT2D eigenvalue weighted by Gasteiger charge is -2.36. The molecule has 2 heterocycles. The molecular formula is C22H29N3O2. The van der Waals surface area contributed by atoms with Crippen molar-refractivity contribution in [3.63, 3.8) is 0 Å². The molecule has 2 aromatic rings. The zero-order valence-corrected chi connectivity index (χ0v) is 16.3. The number of pyridine rings is 1. The number of nitrogens with one attached hydrogen (secondary N) is 1. The van der Waals surface area contributed by atoms with Gasteiger partial charge in [-0.25, -0.2) is 0 Å². The van der Waals surface area contributed by atoms with E-state index >= 15 is 0 Å². The lowest BCUT2D eigenvalue weighted by molar-refractivity contribution is -0.136. The van der Waals surface area contributed by atoms with E-state index < -0.39 is 5.41 Å². The molecule has 1 fully saturated rings. The Balaban J connectivity index is 1.84. The summed E-state index contributed by atoms with van der Waals surface area (Å²) in [4.78, 5) is 19.5. The van der Waals surface area contributed by atoms with Crippen molar-refractivity contribution in [1.82, 2.24) is 15.2 Å².